The second-order valence-corrected chi connectivity index (χ2v) is 8.27. The van der Waals surface area contributed by atoms with Crippen molar-refractivity contribution in [2.24, 2.45) is 5.10 Å². The Labute approximate surface area is 198 Å². The molecule has 0 N–H and O–H groups in total. The van der Waals surface area contributed by atoms with Gasteiger partial charge < -0.3 is 0 Å². The molecule has 0 spiro atoms. The minimum absolute atomic E-state index is 0.00488. The third kappa shape index (κ3) is 3.77. The minimum Gasteiger partial charge on any atom is -0.264 e. The highest BCUT2D eigenvalue weighted by Crippen LogP contribution is 2.40. The molecule has 0 saturated heterocycles. The van der Waals surface area contributed by atoms with E-state index >= 15 is 0 Å². The van der Waals surface area contributed by atoms with E-state index < -0.39 is 0 Å². The van der Waals surface area contributed by atoms with Gasteiger partial charge in [0.1, 0.15) is 0 Å². The monoisotopic (exact) mass is 441 g/mol. The summed E-state index contributed by atoms with van der Waals surface area (Å²) in [6, 6.07) is 35.0. The lowest BCUT2D eigenvalue weighted by atomic mass is 9.96. The maximum atomic E-state index is 5.10. The van der Waals surface area contributed by atoms with Gasteiger partial charge in [0.25, 0.3) is 0 Å². The van der Waals surface area contributed by atoms with Crippen LogP contribution in [-0.4, -0.2) is 20.5 Å². The zero-order valence-corrected chi connectivity index (χ0v) is 18.6. The second kappa shape index (κ2) is 8.79. The van der Waals surface area contributed by atoms with Gasteiger partial charge in [0.15, 0.2) is 0 Å². The van der Waals surface area contributed by atoms with Crippen LogP contribution >= 0.6 is 0 Å². The number of hydrogen-bond acceptors (Lipinski definition) is 4. The Morgan fingerprint density at radius 1 is 0.676 bits per heavy atom. The Bertz CT molecular complexity index is 1410. The van der Waals surface area contributed by atoms with Crippen molar-refractivity contribution in [2.45, 2.75) is 12.5 Å². The summed E-state index contributed by atoms with van der Waals surface area (Å²) in [5.41, 5.74) is 7.33. The van der Waals surface area contributed by atoms with Crippen molar-refractivity contribution in [2.75, 3.05) is 5.01 Å². The molecular formula is C29H23N5. The van der Waals surface area contributed by atoms with E-state index in [1.165, 1.54) is 0 Å². The fraction of sp³-hybridized carbons (Fsp3) is 0.0690. The van der Waals surface area contributed by atoms with E-state index in [1.54, 1.807) is 6.20 Å². The number of pyridine rings is 1. The molecular weight excluding hydrogens is 418 g/mol. The van der Waals surface area contributed by atoms with Crippen LogP contribution in [0.2, 0.25) is 0 Å². The van der Waals surface area contributed by atoms with Crippen LogP contribution in [0, 0.1) is 0 Å². The summed E-state index contributed by atoms with van der Waals surface area (Å²) in [6.45, 7) is 0. The lowest BCUT2D eigenvalue weighted by Gasteiger charge is -2.23. The molecule has 0 radical (unpaired) electrons. The number of benzene rings is 3. The average Bonchev–Trinajstić information content (AvgIpc) is 3.56. The van der Waals surface area contributed by atoms with Gasteiger partial charge in [-0.3, -0.25) is 9.99 Å². The van der Waals surface area contributed by atoms with E-state index in [0.29, 0.717) is 0 Å². The molecule has 6 rings (SSSR count). The number of hydrogen-bond donors (Lipinski definition) is 0. The fourth-order valence-electron chi connectivity index (χ4n) is 4.45. The number of para-hydroxylation sites is 2. The predicted molar refractivity (Wildman–Crippen MR) is 136 cm³/mol. The third-order valence-electron chi connectivity index (χ3n) is 6.10. The van der Waals surface area contributed by atoms with E-state index in [0.717, 1.165) is 45.9 Å². The number of nitrogens with zero attached hydrogens (tertiary/aromatic N) is 5. The Balaban J connectivity index is 1.50. The predicted octanol–water partition coefficient (Wildman–Crippen LogP) is 6.29. The maximum absolute atomic E-state index is 5.10. The van der Waals surface area contributed by atoms with Crippen molar-refractivity contribution < 1.29 is 0 Å². The van der Waals surface area contributed by atoms with Crippen molar-refractivity contribution in [1.29, 1.82) is 0 Å². The molecule has 0 bridgehead atoms. The summed E-state index contributed by atoms with van der Waals surface area (Å²) in [5, 5.41) is 12.3. The van der Waals surface area contributed by atoms with Crippen LogP contribution in [0.3, 0.4) is 0 Å². The summed E-state index contributed by atoms with van der Waals surface area (Å²) < 4.78 is 1.96. The molecule has 0 amide bonds. The molecule has 1 aliphatic heterocycles. The van der Waals surface area contributed by atoms with Crippen LogP contribution in [0.15, 0.2) is 127 Å². The third-order valence-corrected chi connectivity index (χ3v) is 6.10. The van der Waals surface area contributed by atoms with Crippen molar-refractivity contribution in [3.8, 4) is 16.9 Å². The Kier molecular flexibility index (Phi) is 5.20. The van der Waals surface area contributed by atoms with Gasteiger partial charge in [0.2, 0.25) is 0 Å². The highest BCUT2D eigenvalue weighted by atomic mass is 15.5. The van der Waals surface area contributed by atoms with Gasteiger partial charge >= 0.3 is 0 Å². The normalized spacial score (nSPS) is 15.4. The summed E-state index contributed by atoms with van der Waals surface area (Å²) >= 11 is 0. The van der Waals surface area contributed by atoms with Crippen LogP contribution in [0.5, 0.6) is 0 Å². The van der Waals surface area contributed by atoms with E-state index in [4.69, 9.17) is 10.2 Å². The van der Waals surface area contributed by atoms with Gasteiger partial charge in [0.05, 0.1) is 28.8 Å². The van der Waals surface area contributed by atoms with Gasteiger partial charge in [-0.2, -0.15) is 10.2 Å². The molecule has 3 aromatic carbocycles. The largest absolute Gasteiger partial charge is 0.264 e. The molecule has 0 fully saturated rings. The SMILES string of the molecule is c1ccc(C2=NN(c3ccccc3)[C@H](c3cn(-c4ccccc4)nc3-c3cccnc3)C2)cc1. The smallest absolute Gasteiger partial charge is 0.0996 e. The van der Waals surface area contributed by atoms with Crippen molar-refractivity contribution >= 4 is 11.4 Å². The van der Waals surface area contributed by atoms with E-state index in [-0.39, 0.29) is 6.04 Å². The van der Waals surface area contributed by atoms with Gasteiger partial charge in [-0.25, -0.2) is 4.68 Å². The fourth-order valence-corrected chi connectivity index (χ4v) is 4.45. The Morgan fingerprint density at radius 2 is 1.32 bits per heavy atom. The Morgan fingerprint density at radius 3 is 2.00 bits per heavy atom. The number of rotatable bonds is 5. The molecule has 3 heterocycles. The van der Waals surface area contributed by atoms with Crippen LogP contribution in [0.25, 0.3) is 16.9 Å². The quantitative estimate of drug-likeness (QED) is 0.322. The van der Waals surface area contributed by atoms with Crippen molar-refractivity contribution in [3.63, 3.8) is 0 Å². The van der Waals surface area contributed by atoms with Crippen LogP contribution < -0.4 is 5.01 Å². The van der Waals surface area contributed by atoms with Crippen LogP contribution in [0.4, 0.5) is 5.69 Å². The first-order chi connectivity index (χ1) is 16.9. The first-order valence-electron chi connectivity index (χ1n) is 11.4. The zero-order valence-electron chi connectivity index (χ0n) is 18.6. The van der Waals surface area contributed by atoms with Gasteiger partial charge in [-0.1, -0.05) is 66.7 Å². The van der Waals surface area contributed by atoms with E-state index in [1.807, 2.05) is 47.3 Å². The maximum Gasteiger partial charge on any atom is 0.0996 e. The molecule has 5 heteroatoms. The molecule has 0 aliphatic carbocycles. The highest BCUT2D eigenvalue weighted by Gasteiger charge is 2.33. The Hall–Kier alpha value is -4.51. The number of hydrazone groups is 1. The molecule has 1 atom stereocenters. The standard InChI is InChI=1S/C29H23N5/c1-4-11-22(12-5-1)27-19-28(34(31-27)25-16-8-3-9-17-25)26-21-33(24-14-6-2-7-15-24)32-29(26)23-13-10-18-30-20-23/h1-18,20-21,28H,19H2/t28-/m0/s1. The van der Waals surface area contributed by atoms with Gasteiger partial charge in [-0.15, -0.1) is 0 Å². The van der Waals surface area contributed by atoms with Crippen molar-refractivity contribution in [3.05, 3.63) is 133 Å². The molecule has 5 nitrogen and oxygen atoms in total. The lowest BCUT2D eigenvalue weighted by Crippen LogP contribution is -2.18. The molecule has 2 aromatic heterocycles. The lowest BCUT2D eigenvalue weighted by molar-refractivity contribution is 0.709. The van der Waals surface area contributed by atoms with E-state index in [9.17, 15) is 0 Å². The zero-order chi connectivity index (χ0) is 22.7. The molecule has 34 heavy (non-hydrogen) atoms. The average molecular weight is 442 g/mol. The van der Waals surface area contributed by atoms with Gasteiger partial charge in [-0.05, 0) is 42.0 Å². The van der Waals surface area contributed by atoms with E-state index in [2.05, 4.69) is 82.9 Å². The van der Waals surface area contributed by atoms with Crippen LogP contribution in [-0.2, 0) is 0 Å². The van der Waals surface area contributed by atoms with Gasteiger partial charge in [0, 0.05) is 36.1 Å². The topological polar surface area (TPSA) is 46.3 Å². The molecule has 164 valence electrons. The summed E-state index contributed by atoms with van der Waals surface area (Å²) in [6.07, 6.45) is 6.59. The molecule has 5 aromatic rings. The molecule has 0 saturated carbocycles. The first kappa shape index (κ1) is 20.1. The first-order valence-corrected chi connectivity index (χ1v) is 11.4. The second-order valence-electron chi connectivity index (χ2n) is 8.27. The summed E-state index contributed by atoms with van der Waals surface area (Å²) in [5.74, 6) is 0. The summed E-state index contributed by atoms with van der Waals surface area (Å²) in [7, 11) is 0. The van der Waals surface area contributed by atoms with Crippen molar-refractivity contribution in [1.82, 2.24) is 14.8 Å². The molecule has 1 aliphatic rings. The molecule has 0 unspecified atom stereocenters. The summed E-state index contributed by atoms with van der Waals surface area (Å²) in [4.78, 5) is 4.36. The minimum atomic E-state index is 0.00488. The highest BCUT2D eigenvalue weighted by molar-refractivity contribution is 6.03. The number of aromatic nitrogens is 3. The van der Waals surface area contributed by atoms with Crippen LogP contribution in [0.1, 0.15) is 23.6 Å². The number of anilines is 1.